The maximum absolute atomic E-state index is 13.1. The molecule has 1 fully saturated rings. The normalized spacial score (nSPS) is 30.8. The molecule has 2 heterocycles. The maximum Gasteiger partial charge on any atom is 0.345 e. The number of likely N-dealkylation sites (tertiary alicyclic amines) is 1. The number of ether oxygens (including phenoxy) is 3. The van der Waals surface area contributed by atoms with E-state index in [-0.39, 0.29) is 22.6 Å². The molecule has 0 aromatic heterocycles. The lowest BCUT2D eigenvalue weighted by atomic mass is 9.53. The van der Waals surface area contributed by atoms with Crippen molar-refractivity contribution in [1.82, 2.24) is 4.90 Å². The van der Waals surface area contributed by atoms with E-state index in [1.807, 2.05) is 12.1 Å². The Morgan fingerprint density at radius 2 is 2.06 bits per heavy atom. The minimum atomic E-state index is -0.723. The predicted octanol–water partition coefficient (Wildman–Crippen LogP) is 3.27. The SMILES string of the molecule is COc1ccc2c3c1O[C@H]1[C@@H](OC(=O)c4ccccc4[N+](=O)[O-])C=C[C@H]4[C@@H](C2)N(C)CC[C@@]341. The van der Waals surface area contributed by atoms with Gasteiger partial charge < -0.3 is 19.1 Å². The topological polar surface area (TPSA) is 91.1 Å². The van der Waals surface area contributed by atoms with Crippen LogP contribution in [0.15, 0.2) is 48.6 Å². The number of methoxy groups -OCH3 is 1. The van der Waals surface area contributed by atoms with Gasteiger partial charge in [-0.05, 0) is 50.2 Å². The van der Waals surface area contributed by atoms with Gasteiger partial charge in [0.1, 0.15) is 11.7 Å². The van der Waals surface area contributed by atoms with Crippen molar-refractivity contribution >= 4 is 11.7 Å². The maximum atomic E-state index is 13.1. The highest BCUT2D eigenvalue weighted by Crippen LogP contribution is 2.62. The summed E-state index contributed by atoms with van der Waals surface area (Å²) in [6, 6.07) is 10.3. The molecule has 1 saturated heterocycles. The van der Waals surface area contributed by atoms with Crippen LogP contribution in [0.5, 0.6) is 11.5 Å². The molecule has 0 radical (unpaired) electrons. The molecule has 6 rings (SSSR count). The van der Waals surface area contributed by atoms with Gasteiger partial charge in [-0.15, -0.1) is 0 Å². The summed E-state index contributed by atoms with van der Waals surface area (Å²) in [5.74, 6) is 0.919. The van der Waals surface area contributed by atoms with Crippen molar-refractivity contribution in [3.63, 3.8) is 0 Å². The van der Waals surface area contributed by atoms with Crippen molar-refractivity contribution in [2.24, 2.45) is 5.92 Å². The average Bonchev–Trinajstić information content (AvgIpc) is 3.17. The highest BCUT2D eigenvalue weighted by Gasteiger charge is 2.65. The Morgan fingerprint density at radius 3 is 2.85 bits per heavy atom. The minimum absolute atomic E-state index is 0.0609. The second-order valence-electron chi connectivity index (χ2n) is 9.27. The number of rotatable bonds is 4. The number of benzene rings is 2. The fourth-order valence-electron chi connectivity index (χ4n) is 6.46. The van der Waals surface area contributed by atoms with Crippen LogP contribution >= 0.6 is 0 Å². The van der Waals surface area contributed by atoms with Crippen molar-refractivity contribution < 1.29 is 23.9 Å². The second-order valence-corrected chi connectivity index (χ2v) is 9.27. The van der Waals surface area contributed by atoms with E-state index in [9.17, 15) is 14.9 Å². The molecular weight excluding hydrogens is 424 g/mol. The van der Waals surface area contributed by atoms with Gasteiger partial charge in [-0.1, -0.05) is 24.3 Å². The number of piperidine rings is 1. The van der Waals surface area contributed by atoms with Gasteiger partial charge in [-0.3, -0.25) is 10.1 Å². The van der Waals surface area contributed by atoms with Crippen molar-refractivity contribution in [2.45, 2.75) is 36.5 Å². The third-order valence-electron chi connectivity index (χ3n) is 7.90. The molecule has 0 amide bonds. The number of para-hydroxylation sites is 1. The van der Waals surface area contributed by atoms with Crippen molar-refractivity contribution in [2.75, 3.05) is 20.7 Å². The van der Waals surface area contributed by atoms with E-state index in [0.29, 0.717) is 11.8 Å². The molecule has 4 aliphatic rings. The van der Waals surface area contributed by atoms with Crippen molar-refractivity contribution in [3.8, 4) is 11.5 Å². The zero-order valence-electron chi connectivity index (χ0n) is 18.4. The van der Waals surface area contributed by atoms with Gasteiger partial charge in [0.05, 0.1) is 12.0 Å². The fraction of sp³-hybridized carbons (Fsp3) is 0.400. The van der Waals surface area contributed by atoms with Crippen LogP contribution in [-0.2, 0) is 16.6 Å². The molecule has 2 bridgehead atoms. The fourth-order valence-corrected chi connectivity index (χ4v) is 6.46. The van der Waals surface area contributed by atoms with Crippen LogP contribution < -0.4 is 9.47 Å². The van der Waals surface area contributed by atoms with E-state index < -0.39 is 23.1 Å². The zero-order valence-corrected chi connectivity index (χ0v) is 18.4. The van der Waals surface area contributed by atoms with Crippen LogP contribution in [0.1, 0.15) is 27.9 Å². The molecule has 0 unspecified atom stereocenters. The number of hydrogen-bond donors (Lipinski definition) is 0. The van der Waals surface area contributed by atoms with Crippen LogP contribution in [0.3, 0.4) is 0 Å². The molecule has 8 nitrogen and oxygen atoms in total. The standard InChI is InChI=1S/C25H24N2O6/c1-26-12-11-25-16-8-10-20(32-24(28)15-5-3-4-6-17(15)27(29)30)23(25)33-22-19(31-2)9-7-14(21(22)25)13-18(16)26/h3-10,16,18,20,23H,11-13H2,1-2H3/t16-,18+,20-,23-,25-/m0/s1. The number of esters is 1. The van der Waals surface area contributed by atoms with Gasteiger partial charge in [-0.25, -0.2) is 4.79 Å². The molecule has 33 heavy (non-hydrogen) atoms. The van der Waals surface area contributed by atoms with E-state index in [4.69, 9.17) is 14.2 Å². The lowest BCUT2D eigenvalue weighted by molar-refractivity contribution is -0.385. The number of carbonyl (C=O) groups is 1. The van der Waals surface area contributed by atoms with Gasteiger partial charge in [0.15, 0.2) is 17.6 Å². The third kappa shape index (κ3) is 2.64. The van der Waals surface area contributed by atoms with E-state index in [2.05, 4.69) is 24.1 Å². The molecule has 170 valence electrons. The Morgan fingerprint density at radius 1 is 1.24 bits per heavy atom. The lowest BCUT2D eigenvalue weighted by Gasteiger charge is -2.56. The van der Waals surface area contributed by atoms with E-state index >= 15 is 0 Å². The summed E-state index contributed by atoms with van der Waals surface area (Å²) in [4.78, 5) is 26.3. The van der Waals surface area contributed by atoms with Gasteiger partial charge in [-0.2, -0.15) is 0 Å². The number of nitro groups is 1. The number of hydrogen-bond acceptors (Lipinski definition) is 7. The largest absolute Gasteiger partial charge is 0.493 e. The molecule has 0 N–H and O–H groups in total. The third-order valence-corrected chi connectivity index (χ3v) is 7.90. The Bertz CT molecular complexity index is 1210. The van der Waals surface area contributed by atoms with Gasteiger partial charge in [0.25, 0.3) is 5.69 Å². The molecular formula is C25H24N2O6. The highest BCUT2D eigenvalue weighted by atomic mass is 16.6. The average molecular weight is 448 g/mol. The highest BCUT2D eigenvalue weighted by molar-refractivity contribution is 5.94. The van der Waals surface area contributed by atoms with Crippen molar-refractivity contribution in [3.05, 3.63) is 75.4 Å². The smallest absolute Gasteiger partial charge is 0.345 e. The van der Waals surface area contributed by atoms with Gasteiger partial charge in [0, 0.05) is 29.0 Å². The molecule has 2 aromatic rings. The molecule has 2 aliphatic heterocycles. The minimum Gasteiger partial charge on any atom is -0.493 e. The quantitative estimate of drug-likeness (QED) is 0.307. The summed E-state index contributed by atoms with van der Waals surface area (Å²) in [5, 5.41) is 11.4. The van der Waals surface area contributed by atoms with E-state index in [1.165, 1.54) is 29.3 Å². The van der Waals surface area contributed by atoms with Gasteiger partial charge in [0.2, 0.25) is 0 Å². The summed E-state index contributed by atoms with van der Waals surface area (Å²) in [7, 11) is 3.79. The Hall–Kier alpha value is -3.39. The number of nitrogens with zero attached hydrogens (tertiary/aromatic N) is 2. The van der Waals surface area contributed by atoms with Crippen LogP contribution in [0.4, 0.5) is 5.69 Å². The Balaban J connectivity index is 1.43. The number of nitro benzene ring substituents is 1. The molecule has 8 heteroatoms. The summed E-state index contributed by atoms with van der Waals surface area (Å²) >= 11 is 0. The van der Waals surface area contributed by atoms with Crippen molar-refractivity contribution in [1.29, 1.82) is 0 Å². The van der Waals surface area contributed by atoms with Crippen LogP contribution in [0.25, 0.3) is 0 Å². The molecule has 5 atom stereocenters. The summed E-state index contributed by atoms with van der Waals surface area (Å²) in [6.45, 7) is 0.912. The monoisotopic (exact) mass is 448 g/mol. The summed E-state index contributed by atoms with van der Waals surface area (Å²) in [5.41, 5.74) is 1.78. The first-order valence-electron chi connectivity index (χ1n) is 11.2. The first-order chi connectivity index (χ1) is 16.0. The zero-order chi connectivity index (χ0) is 22.9. The summed E-state index contributed by atoms with van der Waals surface area (Å²) in [6.07, 6.45) is 4.77. The van der Waals surface area contributed by atoms with Crippen LogP contribution in [0, 0.1) is 16.0 Å². The molecule has 0 saturated carbocycles. The number of carbonyl (C=O) groups excluding carboxylic acids is 1. The Kier molecular flexibility index (Phi) is 4.32. The summed E-state index contributed by atoms with van der Waals surface area (Å²) < 4.78 is 18.1. The predicted molar refractivity (Wildman–Crippen MR) is 119 cm³/mol. The first-order valence-corrected chi connectivity index (χ1v) is 11.2. The van der Waals surface area contributed by atoms with Crippen LogP contribution in [0.2, 0.25) is 0 Å². The van der Waals surface area contributed by atoms with E-state index in [0.717, 1.165) is 25.1 Å². The second kappa shape index (κ2) is 7.05. The van der Waals surface area contributed by atoms with Gasteiger partial charge >= 0.3 is 5.97 Å². The van der Waals surface area contributed by atoms with Crippen LogP contribution in [-0.4, -0.2) is 54.7 Å². The Labute approximate surface area is 190 Å². The molecule has 2 aliphatic carbocycles. The first kappa shape index (κ1) is 20.2. The number of likely N-dealkylation sites (N-methyl/N-ethyl adjacent to an activating group) is 1. The lowest BCUT2D eigenvalue weighted by Crippen LogP contribution is -2.65. The molecule has 1 spiro atoms. The molecule has 2 aromatic carbocycles. The van der Waals surface area contributed by atoms with E-state index in [1.54, 1.807) is 13.2 Å².